The molecule has 7 nitrogen and oxygen atoms in total. The number of esters is 1. The maximum Gasteiger partial charge on any atom is 0.338 e. The first-order valence-electron chi connectivity index (χ1n) is 10.6. The van der Waals surface area contributed by atoms with Gasteiger partial charge in [0.15, 0.2) is 16.3 Å². The molecule has 0 unspecified atom stereocenters. The Hall–Kier alpha value is -3.17. The van der Waals surface area contributed by atoms with E-state index in [9.17, 15) is 9.59 Å². The lowest BCUT2D eigenvalue weighted by Crippen LogP contribution is -2.40. The van der Waals surface area contributed by atoms with Crippen LogP contribution in [0.15, 0.2) is 68.0 Å². The standard InChI is InChI=1S/C25H23BrN2O5S/c1-5-33-24(30)21-14(2)27-25-28(23(29)20(34-25)11-15-9-7-6-8-10-15)22(21)16-12-18(31-3)19(32-4)13-17(16)26/h6-13,22H,5H2,1-4H3/b20-11-/t22-/m0/s1. The Labute approximate surface area is 208 Å². The Balaban J connectivity index is 2.02. The molecule has 1 aliphatic rings. The number of nitrogens with zero attached hydrogens (tertiary/aromatic N) is 2. The molecule has 0 spiro atoms. The van der Waals surface area contributed by atoms with Gasteiger partial charge in [0.2, 0.25) is 0 Å². The zero-order valence-electron chi connectivity index (χ0n) is 19.1. The number of benzene rings is 2. The van der Waals surface area contributed by atoms with Crippen molar-refractivity contribution in [2.45, 2.75) is 19.9 Å². The van der Waals surface area contributed by atoms with Crippen molar-refractivity contribution in [1.29, 1.82) is 0 Å². The lowest BCUT2D eigenvalue weighted by atomic mass is 9.95. The molecule has 4 rings (SSSR count). The van der Waals surface area contributed by atoms with Crippen LogP contribution in [0.2, 0.25) is 0 Å². The van der Waals surface area contributed by atoms with Crippen LogP contribution in [-0.2, 0) is 9.53 Å². The molecule has 1 atom stereocenters. The largest absolute Gasteiger partial charge is 0.493 e. The van der Waals surface area contributed by atoms with E-state index >= 15 is 0 Å². The number of carbonyl (C=O) groups is 1. The zero-order valence-corrected chi connectivity index (χ0v) is 21.5. The zero-order chi connectivity index (χ0) is 24.4. The number of carbonyl (C=O) groups excluding carboxylic acids is 1. The summed E-state index contributed by atoms with van der Waals surface area (Å²) in [7, 11) is 3.08. The summed E-state index contributed by atoms with van der Waals surface area (Å²) >= 11 is 4.88. The van der Waals surface area contributed by atoms with Gasteiger partial charge in [-0.15, -0.1) is 0 Å². The summed E-state index contributed by atoms with van der Waals surface area (Å²) in [6.07, 6.45) is 1.83. The Morgan fingerprint density at radius 2 is 1.85 bits per heavy atom. The highest BCUT2D eigenvalue weighted by Gasteiger charge is 2.35. The molecule has 34 heavy (non-hydrogen) atoms. The SMILES string of the molecule is CCOC(=O)C1=C(C)N=c2s/c(=C\c3ccccc3)c(=O)n2[C@H]1c1cc(OC)c(OC)cc1Br. The van der Waals surface area contributed by atoms with E-state index in [1.807, 2.05) is 36.4 Å². The first-order valence-corrected chi connectivity index (χ1v) is 12.2. The molecule has 1 aliphatic heterocycles. The third kappa shape index (κ3) is 4.33. The second-order valence-electron chi connectivity index (χ2n) is 7.44. The minimum Gasteiger partial charge on any atom is -0.493 e. The molecule has 0 saturated carbocycles. The average Bonchev–Trinajstić information content (AvgIpc) is 3.13. The lowest BCUT2D eigenvalue weighted by molar-refractivity contribution is -0.139. The molecular formula is C25H23BrN2O5S. The minimum absolute atomic E-state index is 0.202. The normalized spacial score (nSPS) is 15.6. The molecule has 0 N–H and O–H groups in total. The van der Waals surface area contributed by atoms with Crippen molar-refractivity contribution in [3.05, 3.63) is 89.0 Å². The van der Waals surface area contributed by atoms with E-state index in [0.29, 0.717) is 42.1 Å². The lowest BCUT2D eigenvalue weighted by Gasteiger charge is -2.26. The monoisotopic (exact) mass is 542 g/mol. The van der Waals surface area contributed by atoms with Crippen LogP contribution in [0.4, 0.5) is 0 Å². The summed E-state index contributed by atoms with van der Waals surface area (Å²) in [5.41, 5.74) is 2.11. The number of hydrogen-bond acceptors (Lipinski definition) is 7. The van der Waals surface area contributed by atoms with Gasteiger partial charge >= 0.3 is 5.97 Å². The summed E-state index contributed by atoms with van der Waals surface area (Å²) in [6, 6.07) is 12.4. The van der Waals surface area contributed by atoms with E-state index in [4.69, 9.17) is 14.2 Å². The van der Waals surface area contributed by atoms with Crippen molar-refractivity contribution in [3.8, 4) is 11.5 Å². The highest BCUT2D eigenvalue weighted by Crippen LogP contribution is 2.40. The molecule has 0 aliphatic carbocycles. The Morgan fingerprint density at radius 1 is 1.18 bits per heavy atom. The van der Waals surface area contributed by atoms with E-state index in [1.165, 1.54) is 18.4 Å². The van der Waals surface area contributed by atoms with Crippen LogP contribution in [0.1, 0.15) is 31.0 Å². The van der Waals surface area contributed by atoms with Gasteiger partial charge in [-0.2, -0.15) is 0 Å². The summed E-state index contributed by atoms with van der Waals surface area (Å²) in [5.74, 6) is 0.478. The van der Waals surface area contributed by atoms with E-state index in [0.717, 1.165) is 5.56 Å². The molecule has 3 aromatic rings. The summed E-state index contributed by atoms with van der Waals surface area (Å²) < 4.78 is 19.0. The number of halogens is 1. The molecule has 0 bridgehead atoms. The second kappa shape index (κ2) is 9.99. The molecular weight excluding hydrogens is 520 g/mol. The van der Waals surface area contributed by atoms with Gasteiger partial charge in [-0.3, -0.25) is 9.36 Å². The van der Waals surface area contributed by atoms with Crippen LogP contribution in [0, 0.1) is 0 Å². The predicted molar refractivity (Wildman–Crippen MR) is 134 cm³/mol. The van der Waals surface area contributed by atoms with E-state index < -0.39 is 12.0 Å². The Morgan fingerprint density at radius 3 is 2.50 bits per heavy atom. The van der Waals surface area contributed by atoms with Gasteiger partial charge in [-0.1, -0.05) is 57.6 Å². The average molecular weight is 543 g/mol. The summed E-state index contributed by atoms with van der Waals surface area (Å²) in [6.45, 7) is 3.69. The molecule has 0 fully saturated rings. The second-order valence-corrected chi connectivity index (χ2v) is 9.31. The van der Waals surface area contributed by atoms with Gasteiger partial charge in [-0.05, 0) is 43.2 Å². The molecule has 9 heteroatoms. The van der Waals surface area contributed by atoms with Crippen LogP contribution >= 0.6 is 27.3 Å². The van der Waals surface area contributed by atoms with Gasteiger partial charge in [0.25, 0.3) is 5.56 Å². The minimum atomic E-state index is -0.762. The topological polar surface area (TPSA) is 79.1 Å². The maximum atomic E-state index is 13.7. The highest BCUT2D eigenvalue weighted by molar-refractivity contribution is 9.10. The molecule has 0 radical (unpaired) electrons. The molecule has 0 saturated heterocycles. The van der Waals surface area contributed by atoms with Crippen molar-refractivity contribution in [3.63, 3.8) is 0 Å². The van der Waals surface area contributed by atoms with Crippen LogP contribution in [0.25, 0.3) is 6.08 Å². The van der Waals surface area contributed by atoms with Crippen molar-refractivity contribution >= 4 is 39.3 Å². The first kappa shape index (κ1) is 24.0. The fourth-order valence-electron chi connectivity index (χ4n) is 3.87. The number of fused-ring (bicyclic) bond motifs is 1. The van der Waals surface area contributed by atoms with Gasteiger partial charge in [0.1, 0.15) is 0 Å². The smallest absolute Gasteiger partial charge is 0.338 e. The number of ether oxygens (including phenoxy) is 3. The van der Waals surface area contributed by atoms with Crippen molar-refractivity contribution in [1.82, 2.24) is 4.57 Å². The van der Waals surface area contributed by atoms with E-state index in [-0.39, 0.29) is 12.2 Å². The molecule has 176 valence electrons. The van der Waals surface area contributed by atoms with Crippen molar-refractivity contribution in [2.75, 3.05) is 20.8 Å². The number of aromatic nitrogens is 1. The quantitative estimate of drug-likeness (QED) is 0.445. The van der Waals surface area contributed by atoms with Crippen molar-refractivity contribution in [2.24, 2.45) is 4.99 Å². The van der Waals surface area contributed by atoms with Crippen molar-refractivity contribution < 1.29 is 19.0 Å². The first-order chi connectivity index (χ1) is 16.4. The number of methoxy groups -OCH3 is 2. The van der Waals surface area contributed by atoms with Gasteiger partial charge in [-0.25, -0.2) is 9.79 Å². The number of allylic oxidation sites excluding steroid dienone is 1. The third-order valence-corrected chi connectivity index (χ3v) is 7.08. The maximum absolute atomic E-state index is 13.7. The Kier molecular flexibility index (Phi) is 7.04. The summed E-state index contributed by atoms with van der Waals surface area (Å²) in [5, 5.41) is 0. The van der Waals surface area contributed by atoms with Gasteiger partial charge in [0.05, 0.1) is 42.7 Å². The molecule has 2 heterocycles. The van der Waals surface area contributed by atoms with Crippen LogP contribution in [0.3, 0.4) is 0 Å². The number of thiazole rings is 1. The fraction of sp³-hybridized carbons (Fsp3) is 0.240. The van der Waals surface area contributed by atoms with Gasteiger partial charge < -0.3 is 14.2 Å². The van der Waals surface area contributed by atoms with Crippen LogP contribution in [-0.4, -0.2) is 31.4 Å². The highest BCUT2D eigenvalue weighted by atomic mass is 79.9. The van der Waals surface area contributed by atoms with E-state index in [2.05, 4.69) is 20.9 Å². The molecule has 2 aromatic carbocycles. The fourth-order valence-corrected chi connectivity index (χ4v) is 5.45. The number of hydrogen-bond donors (Lipinski definition) is 0. The summed E-state index contributed by atoms with van der Waals surface area (Å²) in [4.78, 5) is 31.8. The van der Waals surface area contributed by atoms with Gasteiger partial charge in [0, 0.05) is 4.47 Å². The molecule has 0 amide bonds. The third-order valence-electron chi connectivity index (χ3n) is 5.41. The van der Waals surface area contributed by atoms with E-state index in [1.54, 1.807) is 37.7 Å². The predicted octanol–water partition coefficient (Wildman–Crippen LogP) is 3.58. The van der Waals surface area contributed by atoms with Crippen LogP contribution in [0.5, 0.6) is 11.5 Å². The van der Waals surface area contributed by atoms with Crippen LogP contribution < -0.4 is 24.4 Å². The Bertz CT molecular complexity index is 1460. The molecule has 1 aromatic heterocycles. The number of rotatable bonds is 6.